The number of Topliss-reactive ketones (excluding diaryl/α,β-unsaturated/α-hetero) is 1. The van der Waals surface area contributed by atoms with Crippen molar-refractivity contribution in [3.8, 4) is 0 Å². The fourth-order valence-corrected chi connectivity index (χ4v) is 5.76. The minimum absolute atomic E-state index is 0.167. The number of unbranched alkanes of at least 4 members (excludes halogenated alkanes) is 1. The first-order chi connectivity index (χ1) is 20.9. The summed E-state index contributed by atoms with van der Waals surface area (Å²) in [6.45, 7) is 12.7. The highest BCUT2D eigenvalue weighted by molar-refractivity contribution is 5.97. The van der Waals surface area contributed by atoms with Gasteiger partial charge >= 0.3 is 0 Å². The van der Waals surface area contributed by atoms with Crippen molar-refractivity contribution >= 4 is 12.1 Å². The third-order valence-electron chi connectivity index (χ3n) is 8.22. The SMILES string of the molecule is C=C/C(=C\C=C(\C)COC)CCCC=O.CC.CC1CCC(CC(=O)c2cc(F)ccc2CC2CCCCC2)CC1.CO. The molecule has 43 heavy (non-hydrogen) atoms. The van der Waals surface area contributed by atoms with Gasteiger partial charge in [0.05, 0.1) is 6.61 Å². The van der Waals surface area contributed by atoms with E-state index in [9.17, 15) is 14.0 Å². The van der Waals surface area contributed by atoms with Gasteiger partial charge in [0.25, 0.3) is 0 Å². The van der Waals surface area contributed by atoms with E-state index >= 15 is 0 Å². The van der Waals surface area contributed by atoms with Crippen molar-refractivity contribution in [2.75, 3.05) is 20.8 Å². The third kappa shape index (κ3) is 18.1. The molecule has 2 aliphatic carbocycles. The molecule has 0 atom stereocenters. The molecule has 0 radical (unpaired) electrons. The predicted octanol–water partition coefficient (Wildman–Crippen LogP) is 10.0. The molecule has 244 valence electrons. The van der Waals surface area contributed by atoms with Crippen molar-refractivity contribution in [1.29, 1.82) is 0 Å². The zero-order valence-electron chi connectivity index (χ0n) is 28.1. The Morgan fingerprint density at radius 3 is 2.26 bits per heavy atom. The fourth-order valence-electron chi connectivity index (χ4n) is 5.76. The molecule has 1 aromatic carbocycles. The molecular formula is C38H61FO4. The van der Waals surface area contributed by atoms with E-state index in [0.717, 1.165) is 62.6 Å². The summed E-state index contributed by atoms with van der Waals surface area (Å²) in [5.41, 5.74) is 4.08. The lowest BCUT2D eigenvalue weighted by Gasteiger charge is -2.26. The van der Waals surface area contributed by atoms with Gasteiger partial charge < -0.3 is 14.6 Å². The van der Waals surface area contributed by atoms with Gasteiger partial charge in [-0.15, -0.1) is 0 Å². The summed E-state index contributed by atoms with van der Waals surface area (Å²) < 4.78 is 18.8. The molecule has 0 saturated heterocycles. The number of carbonyl (C=O) groups excluding carboxylic acids is 2. The molecular weight excluding hydrogens is 539 g/mol. The molecule has 4 nitrogen and oxygen atoms in total. The molecule has 0 aliphatic heterocycles. The highest BCUT2D eigenvalue weighted by Crippen LogP contribution is 2.33. The van der Waals surface area contributed by atoms with E-state index < -0.39 is 0 Å². The number of hydrogen-bond donors (Lipinski definition) is 1. The monoisotopic (exact) mass is 600 g/mol. The Morgan fingerprint density at radius 1 is 1.02 bits per heavy atom. The number of halogens is 1. The van der Waals surface area contributed by atoms with E-state index in [-0.39, 0.29) is 11.6 Å². The van der Waals surface area contributed by atoms with Crippen LogP contribution in [0.25, 0.3) is 0 Å². The Hall–Kier alpha value is -2.37. The first kappa shape index (κ1) is 40.6. The van der Waals surface area contributed by atoms with E-state index in [0.29, 0.717) is 36.8 Å². The molecule has 1 aromatic rings. The van der Waals surface area contributed by atoms with Gasteiger partial charge in [-0.05, 0) is 85.6 Å². The van der Waals surface area contributed by atoms with Crippen LogP contribution in [0.2, 0.25) is 0 Å². The summed E-state index contributed by atoms with van der Waals surface area (Å²) in [5, 5.41) is 7.00. The average molecular weight is 601 g/mol. The van der Waals surface area contributed by atoms with Crippen LogP contribution in [0.3, 0.4) is 0 Å². The van der Waals surface area contributed by atoms with Gasteiger partial charge in [0, 0.05) is 32.6 Å². The number of benzene rings is 1. The van der Waals surface area contributed by atoms with Gasteiger partial charge in [-0.25, -0.2) is 4.39 Å². The van der Waals surface area contributed by atoms with E-state index in [1.165, 1.54) is 62.7 Å². The molecule has 0 unspecified atom stereocenters. The number of ketones is 1. The highest BCUT2D eigenvalue weighted by Gasteiger charge is 2.24. The maximum atomic E-state index is 13.8. The molecule has 3 rings (SSSR count). The van der Waals surface area contributed by atoms with Crippen LogP contribution in [0.4, 0.5) is 4.39 Å². The largest absolute Gasteiger partial charge is 0.400 e. The van der Waals surface area contributed by atoms with Gasteiger partial charge in [0.1, 0.15) is 12.1 Å². The zero-order valence-corrected chi connectivity index (χ0v) is 28.1. The number of allylic oxidation sites excluding steroid dienone is 4. The number of hydrogen-bond acceptors (Lipinski definition) is 4. The Morgan fingerprint density at radius 2 is 1.67 bits per heavy atom. The van der Waals surface area contributed by atoms with Crippen molar-refractivity contribution in [3.05, 3.63) is 71.1 Å². The Labute approximate surface area is 262 Å². The first-order valence-electron chi connectivity index (χ1n) is 16.5. The molecule has 0 amide bonds. The molecule has 2 aliphatic rings. The quantitative estimate of drug-likeness (QED) is 0.106. The summed E-state index contributed by atoms with van der Waals surface area (Å²) in [7, 11) is 2.68. The molecule has 0 heterocycles. The van der Waals surface area contributed by atoms with Crippen molar-refractivity contribution < 1.29 is 23.8 Å². The number of aldehydes is 1. The smallest absolute Gasteiger partial charge is 0.163 e. The second-order valence-electron chi connectivity index (χ2n) is 11.7. The molecule has 0 spiro atoms. The van der Waals surface area contributed by atoms with Crippen LogP contribution in [0.15, 0.2) is 54.2 Å². The Kier molecular flexibility index (Phi) is 24.6. The topological polar surface area (TPSA) is 63.6 Å². The predicted molar refractivity (Wildman–Crippen MR) is 180 cm³/mol. The Balaban J connectivity index is 0.000000805. The fraction of sp³-hybridized carbons (Fsp3) is 0.632. The minimum atomic E-state index is -0.275. The van der Waals surface area contributed by atoms with Crippen molar-refractivity contribution in [1.82, 2.24) is 0 Å². The second-order valence-corrected chi connectivity index (χ2v) is 11.7. The van der Waals surface area contributed by atoms with Crippen LogP contribution in [0.5, 0.6) is 0 Å². The minimum Gasteiger partial charge on any atom is -0.400 e. The zero-order chi connectivity index (χ0) is 32.5. The maximum absolute atomic E-state index is 13.8. The van der Waals surface area contributed by atoms with Crippen molar-refractivity contribution in [3.63, 3.8) is 0 Å². The number of carbonyl (C=O) groups is 2. The van der Waals surface area contributed by atoms with E-state index in [4.69, 9.17) is 9.84 Å². The van der Waals surface area contributed by atoms with Crippen molar-refractivity contribution in [2.24, 2.45) is 17.8 Å². The summed E-state index contributed by atoms with van der Waals surface area (Å²) in [4.78, 5) is 23.0. The lowest BCUT2D eigenvalue weighted by atomic mass is 9.79. The van der Waals surface area contributed by atoms with E-state index in [1.807, 2.05) is 45.1 Å². The van der Waals surface area contributed by atoms with Gasteiger partial charge in [0.2, 0.25) is 0 Å². The number of rotatable bonds is 13. The Bertz CT molecular complexity index is 951. The first-order valence-corrected chi connectivity index (χ1v) is 16.5. The number of methoxy groups -OCH3 is 1. The van der Waals surface area contributed by atoms with Gasteiger partial charge in [-0.1, -0.05) is 96.6 Å². The number of ether oxygens (including phenoxy) is 1. The van der Waals surface area contributed by atoms with Crippen LogP contribution in [0, 0.1) is 23.6 Å². The van der Waals surface area contributed by atoms with Crippen LogP contribution in [0.1, 0.15) is 127 Å². The second kappa shape index (κ2) is 26.1. The molecule has 5 heteroatoms. The van der Waals surface area contributed by atoms with Gasteiger partial charge in [-0.3, -0.25) is 4.79 Å². The standard InChI is InChI=1S/C22H31FO.C13H20O2.C2H6.CH4O/c1-16-7-9-18(10-8-16)14-22(24)21-15-20(23)12-11-19(21)13-17-5-3-2-4-6-17;1-4-13(7-5-6-10-14)9-8-12(2)11-15-3;2*1-2/h11-12,15-18H,2-10,13-14H2,1H3;4,8-10H,1,5-7,11H2,2-3H3;1-2H3;2H,1H3/b;12-8-,13-9+;;. The third-order valence-corrected chi connectivity index (χ3v) is 8.22. The molecule has 0 aromatic heterocycles. The van der Waals surface area contributed by atoms with Crippen LogP contribution in [-0.4, -0.2) is 38.0 Å². The van der Waals surface area contributed by atoms with E-state index in [2.05, 4.69) is 13.5 Å². The summed E-state index contributed by atoms with van der Waals surface area (Å²) >= 11 is 0. The van der Waals surface area contributed by atoms with E-state index in [1.54, 1.807) is 7.11 Å². The number of aliphatic hydroxyl groups excluding tert-OH is 1. The van der Waals surface area contributed by atoms with Crippen LogP contribution in [-0.2, 0) is 16.0 Å². The molecule has 2 saturated carbocycles. The summed E-state index contributed by atoms with van der Waals surface area (Å²) in [5.74, 6) is 1.86. The molecule has 2 fully saturated rings. The maximum Gasteiger partial charge on any atom is 0.163 e. The van der Waals surface area contributed by atoms with Crippen molar-refractivity contribution in [2.45, 2.75) is 118 Å². The van der Waals surface area contributed by atoms with Crippen LogP contribution < -0.4 is 0 Å². The number of aliphatic hydroxyl groups is 1. The van der Waals surface area contributed by atoms with Gasteiger partial charge in [-0.2, -0.15) is 0 Å². The normalized spacial score (nSPS) is 19.0. The summed E-state index contributed by atoms with van der Waals surface area (Å²) in [6, 6.07) is 4.88. The lowest BCUT2D eigenvalue weighted by Crippen LogP contribution is -2.18. The van der Waals surface area contributed by atoms with Gasteiger partial charge in [0.15, 0.2) is 5.78 Å². The molecule has 1 N–H and O–H groups in total. The molecule has 0 bridgehead atoms. The summed E-state index contributed by atoms with van der Waals surface area (Å²) in [6.07, 6.45) is 22.0. The lowest BCUT2D eigenvalue weighted by molar-refractivity contribution is -0.107. The average Bonchev–Trinajstić information content (AvgIpc) is 3.04. The highest BCUT2D eigenvalue weighted by atomic mass is 19.1. The van der Waals surface area contributed by atoms with Crippen LogP contribution >= 0.6 is 0 Å².